The van der Waals surface area contributed by atoms with Crippen molar-refractivity contribution in [2.45, 2.75) is 0 Å². The maximum Gasteiger partial charge on any atom is -0.00988 e. The van der Waals surface area contributed by atoms with Crippen LogP contribution in [-0.2, 0) is 0 Å². The van der Waals surface area contributed by atoms with Gasteiger partial charge in [0.1, 0.15) is 0 Å². The monoisotopic (exact) mass is 432 g/mol. The Morgan fingerprint density at radius 3 is 1.76 bits per heavy atom. The molecule has 0 heterocycles. The summed E-state index contributed by atoms with van der Waals surface area (Å²) < 4.78 is 0. The van der Waals surface area contributed by atoms with Crippen LogP contribution in [0.3, 0.4) is 0 Å². The zero-order valence-corrected chi connectivity index (χ0v) is 19.0. The molecule has 160 valence electrons. The van der Waals surface area contributed by atoms with Crippen LogP contribution in [0.25, 0.3) is 66.7 Å². The van der Waals surface area contributed by atoms with Crippen molar-refractivity contribution in [1.29, 1.82) is 0 Å². The van der Waals surface area contributed by atoms with E-state index in [1.54, 1.807) is 0 Å². The van der Waals surface area contributed by atoms with Crippen molar-refractivity contribution >= 4 is 44.5 Å². The standard InChI is InChI=1S/C34H24/c1-3-23-13-14-25(19-24(23)4-2)26-15-16-28-21-30(18-17-27(28)20-26)34-22-29-9-5-6-10-31(29)32-11-7-8-12-33(32)34/h3-22H,1-2H2. The first kappa shape index (κ1) is 20.2. The largest absolute Gasteiger partial charge is 0.0984 e. The molecule has 0 unspecified atom stereocenters. The van der Waals surface area contributed by atoms with Crippen LogP contribution < -0.4 is 0 Å². The summed E-state index contributed by atoms with van der Waals surface area (Å²) in [6, 6.07) is 39.6. The van der Waals surface area contributed by atoms with Crippen molar-refractivity contribution < 1.29 is 0 Å². The molecule has 0 saturated heterocycles. The summed E-state index contributed by atoms with van der Waals surface area (Å²) in [4.78, 5) is 0. The second-order valence-electron chi connectivity index (χ2n) is 8.72. The maximum absolute atomic E-state index is 3.96. The smallest absolute Gasteiger partial charge is 0.00988 e. The molecule has 0 N–H and O–H groups in total. The van der Waals surface area contributed by atoms with Crippen LogP contribution in [0.4, 0.5) is 0 Å². The van der Waals surface area contributed by atoms with E-state index in [4.69, 9.17) is 0 Å². The van der Waals surface area contributed by atoms with E-state index in [1.165, 1.54) is 54.6 Å². The minimum absolute atomic E-state index is 1.10. The van der Waals surface area contributed by atoms with E-state index in [1.807, 2.05) is 12.2 Å². The van der Waals surface area contributed by atoms with E-state index in [-0.39, 0.29) is 0 Å². The molecule has 0 nitrogen and oxygen atoms in total. The topological polar surface area (TPSA) is 0 Å². The van der Waals surface area contributed by atoms with E-state index in [2.05, 4.69) is 122 Å². The van der Waals surface area contributed by atoms with Crippen LogP contribution in [0.1, 0.15) is 11.1 Å². The molecule has 0 aliphatic rings. The lowest BCUT2D eigenvalue weighted by Gasteiger charge is -2.12. The van der Waals surface area contributed by atoms with Gasteiger partial charge in [0.2, 0.25) is 0 Å². The molecular weight excluding hydrogens is 408 g/mol. The molecule has 0 aliphatic heterocycles. The lowest BCUT2D eigenvalue weighted by atomic mass is 9.91. The average molecular weight is 433 g/mol. The quantitative estimate of drug-likeness (QED) is 0.243. The van der Waals surface area contributed by atoms with E-state index in [9.17, 15) is 0 Å². The Morgan fingerprint density at radius 1 is 0.412 bits per heavy atom. The van der Waals surface area contributed by atoms with Gasteiger partial charge in [0.05, 0.1) is 0 Å². The molecule has 6 aromatic carbocycles. The second-order valence-corrected chi connectivity index (χ2v) is 8.72. The summed E-state index contributed by atoms with van der Waals surface area (Å²) in [5.74, 6) is 0. The number of rotatable bonds is 4. The van der Waals surface area contributed by atoms with Crippen molar-refractivity contribution in [2.24, 2.45) is 0 Å². The van der Waals surface area contributed by atoms with Gasteiger partial charge in [-0.05, 0) is 90.0 Å². The number of hydrogen-bond donors (Lipinski definition) is 0. The highest BCUT2D eigenvalue weighted by Crippen LogP contribution is 2.36. The molecule has 0 radical (unpaired) electrons. The van der Waals surface area contributed by atoms with Crippen molar-refractivity contribution in [3.05, 3.63) is 133 Å². The first-order chi connectivity index (χ1) is 16.7. The highest BCUT2D eigenvalue weighted by atomic mass is 14.1. The molecule has 0 spiro atoms. The Hall–Kier alpha value is -4.42. The zero-order valence-electron chi connectivity index (χ0n) is 19.0. The van der Waals surface area contributed by atoms with Gasteiger partial charge in [-0.25, -0.2) is 0 Å². The molecular formula is C34H24. The Balaban J connectivity index is 1.49. The van der Waals surface area contributed by atoms with Gasteiger partial charge in [-0.15, -0.1) is 0 Å². The molecule has 0 atom stereocenters. The summed E-state index contributed by atoms with van der Waals surface area (Å²) in [5, 5.41) is 7.63. The van der Waals surface area contributed by atoms with Crippen LogP contribution in [-0.4, -0.2) is 0 Å². The fourth-order valence-electron chi connectivity index (χ4n) is 5.00. The number of hydrogen-bond acceptors (Lipinski definition) is 0. The first-order valence-corrected chi connectivity index (χ1v) is 11.6. The van der Waals surface area contributed by atoms with Gasteiger partial charge in [-0.3, -0.25) is 0 Å². The predicted octanol–water partition coefficient (Wildman–Crippen LogP) is 9.77. The summed E-state index contributed by atoms with van der Waals surface area (Å²) in [6.45, 7) is 7.86. The Morgan fingerprint density at radius 2 is 1.00 bits per heavy atom. The SMILES string of the molecule is C=Cc1ccc(-c2ccc3cc(-c4cc5ccccc5c5ccccc45)ccc3c2)cc1C=C. The van der Waals surface area contributed by atoms with E-state index in [0.29, 0.717) is 0 Å². The van der Waals surface area contributed by atoms with Gasteiger partial charge in [-0.1, -0.05) is 110 Å². The fraction of sp³-hybridized carbons (Fsp3) is 0. The molecule has 0 heteroatoms. The maximum atomic E-state index is 3.96. The number of fused-ring (bicyclic) bond motifs is 4. The van der Waals surface area contributed by atoms with Gasteiger partial charge in [-0.2, -0.15) is 0 Å². The molecule has 6 rings (SSSR count). The van der Waals surface area contributed by atoms with Crippen LogP contribution >= 0.6 is 0 Å². The summed E-state index contributed by atoms with van der Waals surface area (Å²) >= 11 is 0. The highest BCUT2D eigenvalue weighted by Gasteiger charge is 2.09. The molecule has 0 amide bonds. The summed E-state index contributed by atoms with van der Waals surface area (Å²) in [6.07, 6.45) is 3.76. The van der Waals surface area contributed by atoms with E-state index in [0.717, 1.165) is 11.1 Å². The van der Waals surface area contributed by atoms with Gasteiger partial charge in [0.25, 0.3) is 0 Å². The van der Waals surface area contributed by atoms with E-state index < -0.39 is 0 Å². The summed E-state index contributed by atoms with van der Waals surface area (Å²) in [7, 11) is 0. The molecule has 0 saturated carbocycles. The van der Waals surface area contributed by atoms with Crippen LogP contribution in [0, 0.1) is 0 Å². The highest BCUT2D eigenvalue weighted by molar-refractivity contribution is 6.14. The lowest BCUT2D eigenvalue weighted by Crippen LogP contribution is -1.86. The molecule has 0 aromatic heterocycles. The van der Waals surface area contributed by atoms with Gasteiger partial charge < -0.3 is 0 Å². The van der Waals surface area contributed by atoms with Crippen molar-refractivity contribution in [3.8, 4) is 22.3 Å². The predicted molar refractivity (Wildman–Crippen MR) is 150 cm³/mol. The van der Waals surface area contributed by atoms with Crippen molar-refractivity contribution in [1.82, 2.24) is 0 Å². The van der Waals surface area contributed by atoms with Gasteiger partial charge in [0, 0.05) is 0 Å². The second kappa shape index (κ2) is 8.17. The lowest BCUT2D eigenvalue weighted by molar-refractivity contribution is 1.59. The third kappa shape index (κ3) is 3.32. The zero-order chi connectivity index (χ0) is 23.1. The third-order valence-corrected chi connectivity index (χ3v) is 6.78. The van der Waals surface area contributed by atoms with Crippen LogP contribution in [0.5, 0.6) is 0 Å². The first-order valence-electron chi connectivity index (χ1n) is 11.6. The van der Waals surface area contributed by atoms with Gasteiger partial charge in [0.15, 0.2) is 0 Å². The molecule has 0 bridgehead atoms. The van der Waals surface area contributed by atoms with Crippen LogP contribution in [0.2, 0.25) is 0 Å². The molecule has 0 fully saturated rings. The molecule has 6 aromatic rings. The van der Waals surface area contributed by atoms with Gasteiger partial charge >= 0.3 is 0 Å². The normalized spacial score (nSPS) is 11.2. The molecule has 0 aliphatic carbocycles. The Labute approximate surface area is 200 Å². The fourth-order valence-corrected chi connectivity index (χ4v) is 5.00. The van der Waals surface area contributed by atoms with E-state index >= 15 is 0 Å². The van der Waals surface area contributed by atoms with Crippen LogP contribution in [0.15, 0.2) is 122 Å². The Bertz CT molecular complexity index is 1730. The minimum atomic E-state index is 1.10. The minimum Gasteiger partial charge on any atom is -0.0984 e. The molecule has 34 heavy (non-hydrogen) atoms. The third-order valence-electron chi connectivity index (χ3n) is 6.78. The van der Waals surface area contributed by atoms with Crippen molar-refractivity contribution in [3.63, 3.8) is 0 Å². The number of benzene rings is 6. The average Bonchev–Trinajstić information content (AvgIpc) is 2.91. The Kier molecular flexibility index (Phi) is 4.86. The summed E-state index contributed by atoms with van der Waals surface area (Å²) in [5.41, 5.74) is 7.11. The van der Waals surface area contributed by atoms with Crippen molar-refractivity contribution in [2.75, 3.05) is 0 Å².